The first kappa shape index (κ1) is 13.1. The maximum Gasteiger partial charge on any atom is 0.137 e. The number of nitrogens with zero attached hydrogens (tertiary/aromatic N) is 2. The van der Waals surface area contributed by atoms with Gasteiger partial charge in [-0.3, -0.25) is 9.11 Å². The Kier molecular flexibility index (Phi) is 4.73. The first-order chi connectivity index (χ1) is 8.79. The minimum absolute atomic E-state index is 0.561. The van der Waals surface area contributed by atoms with Gasteiger partial charge in [-0.25, -0.2) is 0 Å². The zero-order chi connectivity index (χ0) is 12.8. The number of nitriles is 1. The van der Waals surface area contributed by atoms with Gasteiger partial charge in [0.2, 0.25) is 0 Å². The molecule has 18 heavy (non-hydrogen) atoms. The fourth-order valence-electron chi connectivity index (χ4n) is 1.87. The second-order valence-corrected chi connectivity index (χ2v) is 5.84. The van der Waals surface area contributed by atoms with E-state index in [1.807, 2.05) is 18.2 Å². The van der Waals surface area contributed by atoms with Gasteiger partial charge < -0.3 is 4.74 Å². The summed E-state index contributed by atoms with van der Waals surface area (Å²) < 4.78 is 16.8. The molecule has 1 aliphatic rings. The molecule has 96 valence electrons. The number of ether oxygens (including phenoxy) is 1. The monoisotopic (exact) mass is 264 g/mol. The van der Waals surface area contributed by atoms with Crippen LogP contribution in [0.25, 0.3) is 0 Å². The summed E-state index contributed by atoms with van der Waals surface area (Å²) in [5.74, 6) is 2.16. The van der Waals surface area contributed by atoms with Crippen molar-refractivity contribution in [3.05, 3.63) is 29.8 Å². The second-order valence-electron chi connectivity index (χ2n) is 4.15. The van der Waals surface area contributed by atoms with E-state index in [0.29, 0.717) is 17.9 Å². The molecule has 1 aliphatic heterocycles. The molecule has 1 aromatic rings. The highest BCUT2D eigenvalue weighted by molar-refractivity contribution is 7.85. The lowest BCUT2D eigenvalue weighted by Crippen LogP contribution is -2.39. The van der Waals surface area contributed by atoms with E-state index >= 15 is 0 Å². The van der Waals surface area contributed by atoms with E-state index < -0.39 is 10.8 Å². The number of hydrogen-bond donors (Lipinski definition) is 0. The molecule has 4 nitrogen and oxygen atoms in total. The topological polar surface area (TPSA) is 53.3 Å². The van der Waals surface area contributed by atoms with E-state index in [1.54, 1.807) is 6.07 Å². The zero-order valence-corrected chi connectivity index (χ0v) is 11.0. The maximum atomic E-state index is 11.2. The van der Waals surface area contributed by atoms with Gasteiger partial charge in [0.1, 0.15) is 18.4 Å². The lowest BCUT2D eigenvalue weighted by Gasteiger charge is -2.25. The van der Waals surface area contributed by atoms with Gasteiger partial charge in [-0.05, 0) is 12.1 Å². The van der Waals surface area contributed by atoms with Crippen molar-refractivity contribution in [1.82, 2.24) is 4.90 Å². The van der Waals surface area contributed by atoms with E-state index in [2.05, 4.69) is 11.0 Å². The first-order valence-electron chi connectivity index (χ1n) is 5.99. The number of hydrogen-bond acceptors (Lipinski definition) is 4. The Balaban J connectivity index is 1.78. The Hall–Kier alpha value is -1.38. The molecule has 0 radical (unpaired) electrons. The first-order valence-corrected chi connectivity index (χ1v) is 7.47. The van der Waals surface area contributed by atoms with Crippen LogP contribution in [0.2, 0.25) is 0 Å². The summed E-state index contributed by atoms with van der Waals surface area (Å²) >= 11 is 0. The molecule has 1 fully saturated rings. The van der Waals surface area contributed by atoms with Gasteiger partial charge in [0, 0.05) is 41.9 Å². The molecule has 5 heteroatoms. The standard InChI is InChI=1S/C13H16N2O2S/c14-11-12-3-1-2-4-13(12)17-8-5-15-6-9-18(16)10-7-15/h1-4H,5-10H2. The molecule has 0 amide bonds. The second kappa shape index (κ2) is 6.53. The van der Waals surface area contributed by atoms with Crippen LogP contribution in [-0.2, 0) is 10.8 Å². The maximum absolute atomic E-state index is 11.2. The Bertz CT molecular complexity index is 460. The molecule has 1 aromatic carbocycles. The van der Waals surface area contributed by atoms with E-state index in [1.165, 1.54) is 0 Å². The van der Waals surface area contributed by atoms with Crippen molar-refractivity contribution >= 4 is 10.8 Å². The molecule has 1 heterocycles. The van der Waals surface area contributed by atoms with Crippen LogP contribution in [0, 0.1) is 11.3 Å². The Morgan fingerprint density at radius 2 is 2.06 bits per heavy atom. The summed E-state index contributed by atoms with van der Waals surface area (Å²) in [6, 6.07) is 9.36. The van der Waals surface area contributed by atoms with Gasteiger partial charge in [0.05, 0.1) is 5.56 Å². The lowest BCUT2D eigenvalue weighted by atomic mass is 10.2. The summed E-state index contributed by atoms with van der Waals surface area (Å²) in [7, 11) is -0.633. The minimum atomic E-state index is -0.633. The number of benzene rings is 1. The van der Waals surface area contributed by atoms with Crippen LogP contribution in [0.3, 0.4) is 0 Å². The van der Waals surface area contributed by atoms with Gasteiger partial charge in [-0.2, -0.15) is 5.26 Å². The van der Waals surface area contributed by atoms with Crippen molar-refractivity contribution in [1.29, 1.82) is 5.26 Å². The largest absolute Gasteiger partial charge is 0.491 e. The fraction of sp³-hybridized carbons (Fsp3) is 0.462. The van der Waals surface area contributed by atoms with Crippen molar-refractivity contribution in [3.63, 3.8) is 0 Å². The Labute approximate surface area is 110 Å². The van der Waals surface area contributed by atoms with Gasteiger partial charge >= 0.3 is 0 Å². The molecule has 0 unspecified atom stereocenters. The lowest BCUT2D eigenvalue weighted by molar-refractivity contribution is 0.221. The number of para-hydroxylation sites is 1. The van der Waals surface area contributed by atoms with E-state index in [0.717, 1.165) is 31.1 Å². The van der Waals surface area contributed by atoms with Gasteiger partial charge in [-0.1, -0.05) is 12.1 Å². The molecule has 0 aromatic heterocycles. The van der Waals surface area contributed by atoms with E-state index in [4.69, 9.17) is 10.00 Å². The predicted molar refractivity (Wildman–Crippen MR) is 71.0 cm³/mol. The summed E-state index contributed by atoms with van der Waals surface area (Å²) in [5, 5.41) is 8.92. The molecular weight excluding hydrogens is 248 g/mol. The third-order valence-corrected chi connectivity index (χ3v) is 4.22. The zero-order valence-electron chi connectivity index (χ0n) is 10.2. The van der Waals surface area contributed by atoms with Crippen molar-refractivity contribution in [2.24, 2.45) is 0 Å². The normalized spacial score (nSPS) is 17.3. The van der Waals surface area contributed by atoms with Crippen LogP contribution in [-0.4, -0.2) is 46.9 Å². The highest BCUT2D eigenvalue weighted by atomic mass is 32.2. The SMILES string of the molecule is N#Cc1ccccc1OCCN1CCS(=O)CC1. The average Bonchev–Trinajstić information content (AvgIpc) is 2.41. The summed E-state index contributed by atoms with van der Waals surface area (Å²) in [4.78, 5) is 2.25. The van der Waals surface area contributed by atoms with Crippen LogP contribution in [0.1, 0.15) is 5.56 Å². The molecule has 0 spiro atoms. The molecule has 1 saturated heterocycles. The highest BCUT2D eigenvalue weighted by Gasteiger charge is 2.14. The van der Waals surface area contributed by atoms with Crippen molar-refractivity contribution in [2.75, 3.05) is 37.7 Å². The Morgan fingerprint density at radius 1 is 1.33 bits per heavy atom. The van der Waals surface area contributed by atoms with Crippen molar-refractivity contribution in [3.8, 4) is 11.8 Å². The average molecular weight is 264 g/mol. The van der Waals surface area contributed by atoms with Crippen LogP contribution in [0.15, 0.2) is 24.3 Å². The summed E-state index contributed by atoms with van der Waals surface area (Å²) in [5.41, 5.74) is 0.567. The molecule has 0 N–H and O–H groups in total. The number of rotatable bonds is 4. The van der Waals surface area contributed by atoms with Gasteiger partial charge in [0.25, 0.3) is 0 Å². The predicted octanol–water partition coefficient (Wildman–Crippen LogP) is 1.00. The van der Waals surface area contributed by atoms with Crippen LogP contribution in [0.5, 0.6) is 5.75 Å². The van der Waals surface area contributed by atoms with Gasteiger partial charge in [-0.15, -0.1) is 0 Å². The molecule has 0 saturated carbocycles. The van der Waals surface area contributed by atoms with Crippen molar-refractivity contribution < 1.29 is 8.95 Å². The molecular formula is C13H16N2O2S. The fourth-order valence-corrected chi connectivity index (χ4v) is 3.00. The van der Waals surface area contributed by atoms with Crippen LogP contribution >= 0.6 is 0 Å². The third-order valence-electron chi connectivity index (χ3n) is 2.94. The third kappa shape index (κ3) is 3.56. The van der Waals surface area contributed by atoms with Gasteiger partial charge in [0.15, 0.2) is 0 Å². The highest BCUT2D eigenvalue weighted by Crippen LogP contribution is 2.16. The minimum Gasteiger partial charge on any atom is -0.491 e. The molecule has 0 atom stereocenters. The molecule has 0 bridgehead atoms. The summed E-state index contributed by atoms with van der Waals surface area (Å²) in [6.45, 7) is 3.12. The molecule has 2 rings (SSSR count). The molecule has 0 aliphatic carbocycles. The Morgan fingerprint density at radius 3 is 2.78 bits per heavy atom. The van der Waals surface area contributed by atoms with Crippen LogP contribution < -0.4 is 4.74 Å². The quantitative estimate of drug-likeness (QED) is 0.814. The van der Waals surface area contributed by atoms with E-state index in [9.17, 15) is 4.21 Å². The van der Waals surface area contributed by atoms with Crippen molar-refractivity contribution in [2.45, 2.75) is 0 Å². The van der Waals surface area contributed by atoms with Crippen LogP contribution in [0.4, 0.5) is 0 Å². The smallest absolute Gasteiger partial charge is 0.137 e. The summed E-state index contributed by atoms with van der Waals surface area (Å²) in [6.07, 6.45) is 0. The van der Waals surface area contributed by atoms with E-state index in [-0.39, 0.29) is 0 Å².